The molecular formula is C16H18N8O. The molecule has 2 N–H and O–H groups in total. The number of nitrogens with zero attached hydrogens (tertiary/aromatic N) is 6. The third-order valence-electron chi connectivity index (χ3n) is 4.13. The molecule has 9 heteroatoms. The van der Waals surface area contributed by atoms with Crippen LogP contribution in [0.1, 0.15) is 27.6 Å². The van der Waals surface area contributed by atoms with E-state index in [9.17, 15) is 4.79 Å². The molecular weight excluding hydrogens is 320 g/mol. The lowest BCUT2D eigenvalue weighted by Gasteiger charge is -2.13. The second kappa shape index (κ2) is 6.44. The van der Waals surface area contributed by atoms with Crippen molar-refractivity contribution in [1.82, 2.24) is 40.6 Å². The van der Waals surface area contributed by atoms with Gasteiger partial charge in [0.05, 0.1) is 30.2 Å². The summed E-state index contributed by atoms with van der Waals surface area (Å²) in [5, 5.41) is 22.1. The lowest BCUT2D eigenvalue weighted by atomic mass is 10.2. The lowest BCUT2D eigenvalue weighted by Crippen LogP contribution is -2.28. The summed E-state index contributed by atoms with van der Waals surface area (Å²) in [6.45, 7) is 4.80. The first kappa shape index (κ1) is 15.5. The van der Waals surface area contributed by atoms with Crippen LogP contribution in [0.3, 0.4) is 0 Å². The molecule has 0 bridgehead atoms. The van der Waals surface area contributed by atoms with Gasteiger partial charge >= 0.3 is 0 Å². The second-order valence-electron chi connectivity index (χ2n) is 5.90. The molecule has 0 aliphatic carbocycles. The van der Waals surface area contributed by atoms with Gasteiger partial charge in [0, 0.05) is 18.7 Å². The number of aromatic nitrogens is 6. The zero-order valence-electron chi connectivity index (χ0n) is 13.8. The predicted molar refractivity (Wildman–Crippen MR) is 89.0 cm³/mol. The van der Waals surface area contributed by atoms with Gasteiger partial charge in [-0.05, 0) is 41.6 Å². The minimum Gasteiger partial charge on any atom is -0.346 e. The first-order valence-corrected chi connectivity index (χ1v) is 8.10. The number of fused-ring (bicyclic) bond motifs is 1. The smallest absolute Gasteiger partial charge is 0.251 e. The molecule has 1 aliphatic heterocycles. The molecule has 0 atom stereocenters. The van der Waals surface area contributed by atoms with Crippen LogP contribution in [0.25, 0.3) is 5.69 Å². The Hall–Kier alpha value is -3.07. The molecule has 25 heavy (non-hydrogen) atoms. The third-order valence-corrected chi connectivity index (χ3v) is 4.13. The molecule has 1 aliphatic rings. The van der Waals surface area contributed by atoms with E-state index < -0.39 is 0 Å². The summed E-state index contributed by atoms with van der Waals surface area (Å²) in [5.41, 5.74) is 3.31. The summed E-state index contributed by atoms with van der Waals surface area (Å²) < 4.78 is 3.58. The SMILES string of the molecule is Cc1nnnn1-c1cccc(C(=O)NCc2cc3n(n2)CCNC3)c1. The van der Waals surface area contributed by atoms with Gasteiger partial charge in [-0.1, -0.05) is 6.07 Å². The van der Waals surface area contributed by atoms with Crippen LogP contribution in [-0.4, -0.2) is 42.4 Å². The van der Waals surface area contributed by atoms with Gasteiger partial charge in [0.25, 0.3) is 5.91 Å². The minimum absolute atomic E-state index is 0.156. The highest BCUT2D eigenvalue weighted by atomic mass is 16.1. The Bertz CT molecular complexity index is 889. The molecule has 1 amide bonds. The van der Waals surface area contributed by atoms with Gasteiger partial charge in [0.2, 0.25) is 0 Å². The molecule has 0 fully saturated rings. The highest BCUT2D eigenvalue weighted by Crippen LogP contribution is 2.11. The fourth-order valence-electron chi connectivity index (χ4n) is 2.86. The van der Waals surface area contributed by atoms with E-state index in [-0.39, 0.29) is 5.91 Å². The van der Waals surface area contributed by atoms with Crippen LogP contribution in [0, 0.1) is 6.92 Å². The number of benzene rings is 1. The maximum absolute atomic E-state index is 12.4. The molecule has 0 saturated heterocycles. The highest BCUT2D eigenvalue weighted by Gasteiger charge is 2.13. The number of amides is 1. The summed E-state index contributed by atoms with van der Waals surface area (Å²) in [7, 11) is 0. The van der Waals surface area contributed by atoms with Gasteiger partial charge in [-0.15, -0.1) is 5.10 Å². The molecule has 3 heterocycles. The Labute approximate surface area is 144 Å². The average Bonchev–Trinajstić information content (AvgIpc) is 3.25. The fourth-order valence-corrected chi connectivity index (χ4v) is 2.86. The minimum atomic E-state index is -0.156. The van der Waals surface area contributed by atoms with Gasteiger partial charge in [-0.2, -0.15) is 9.78 Å². The van der Waals surface area contributed by atoms with Crippen molar-refractivity contribution in [2.45, 2.75) is 26.6 Å². The molecule has 9 nitrogen and oxygen atoms in total. The van der Waals surface area contributed by atoms with Gasteiger partial charge in [0.15, 0.2) is 5.82 Å². The number of aryl methyl sites for hydroxylation is 1. The molecule has 1 aromatic carbocycles. The summed E-state index contributed by atoms with van der Waals surface area (Å²) in [6.07, 6.45) is 0. The van der Waals surface area contributed by atoms with Crippen molar-refractivity contribution in [3.63, 3.8) is 0 Å². The molecule has 4 rings (SSSR count). The Balaban J connectivity index is 1.46. The highest BCUT2D eigenvalue weighted by molar-refractivity contribution is 5.94. The lowest BCUT2D eigenvalue weighted by molar-refractivity contribution is 0.0950. The molecule has 3 aromatic rings. The van der Waals surface area contributed by atoms with E-state index in [4.69, 9.17) is 0 Å². The van der Waals surface area contributed by atoms with Gasteiger partial charge in [0.1, 0.15) is 0 Å². The van der Waals surface area contributed by atoms with Crippen molar-refractivity contribution >= 4 is 5.91 Å². The quantitative estimate of drug-likeness (QED) is 0.704. The van der Waals surface area contributed by atoms with Crippen LogP contribution < -0.4 is 10.6 Å². The van der Waals surface area contributed by atoms with E-state index in [1.165, 1.54) is 0 Å². The standard InChI is InChI=1S/C16H18N8O/c1-11-19-21-22-24(11)14-4-2-3-12(7-14)16(25)18-9-13-8-15-10-17-5-6-23(15)20-13/h2-4,7-8,17H,5-6,9-10H2,1H3,(H,18,25). The Morgan fingerprint density at radius 2 is 2.28 bits per heavy atom. The van der Waals surface area contributed by atoms with Crippen LogP contribution in [0.15, 0.2) is 30.3 Å². The molecule has 0 radical (unpaired) electrons. The molecule has 0 spiro atoms. The predicted octanol–water partition coefficient (Wildman–Crippen LogP) is 0.200. The van der Waals surface area contributed by atoms with Crippen molar-refractivity contribution in [3.05, 3.63) is 53.1 Å². The van der Waals surface area contributed by atoms with Crippen LogP contribution in [0.4, 0.5) is 0 Å². The topological polar surface area (TPSA) is 103 Å². The van der Waals surface area contributed by atoms with E-state index >= 15 is 0 Å². The first-order valence-electron chi connectivity index (χ1n) is 8.10. The van der Waals surface area contributed by atoms with E-state index in [1.54, 1.807) is 16.8 Å². The Morgan fingerprint density at radius 3 is 3.08 bits per heavy atom. The monoisotopic (exact) mass is 338 g/mol. The number of carbonyl (C=O) groups is 1. The molecule has 0 unspecified atom stereocenters. The molecule has 2 aromatic heterocycles. The fraction of sp³-hybridized carbons (Fsp3) is 0.312. The van der Waals surface area contributed by atoms with E-state index in [1.807, 2.05) is 29.8 Å². The maximum atomic E-state index is 12.4. The average molecular weight is 338 g/mol. The van der Waals surface area contributed by atoms with Crippen molar-refractivity contribution in [2.24, 2.45) is 0 Å². The Kier molecular flexibility index (Phi) is 3.98. The number of rotatable bonds is 4. The zero-order valence-corrected chi connectivity index (χ0v) is 13.8. The summed E-state index contributed by atoms with van der Waals surface area (Å²) in [4.78, 5) is 12.4. The van der Waals surface area contributed by atoms with Gasteiger partial charge < -0.3 is 10.6 Å². The number of hydrogen-bond donors (Lipinski definition) is 2. The zero-order chi connectivity index (χ0) is 17.2. The normalized spacial score (nSPS) is 13.5. The molecule has 0 saturated carbocycles. The second-order valence-corrected chi connectivity index (χ2v) is 5.90. The van der Waals surface area contributed by atoms with Crippen molar-refractivity contribution in [2.75, 3.05) is 6.54 Å². The number of carbonyl (C=O) groups excluding carboxylic acids is 1. The van der Waals surface area contributed by atoms with Crippen LogP contribution >= 0.6 is 0 Å². The summed E-state index contributed by atoms with van der Waals surface area (Å²) in [6, 6.07) is 9.22. The number of nitrogens with one attached hydrogen (secondary N) is 2. The number of hydrogen-bond acceptors (Lipinski definition) is 6. The van der Waals surface area contributed by atoms with E-state index in [2.05, 4.69) is 31.3 Å². The maximum Gasteiger partial charge on any atom is 0.251 e. The van der Waals surface area contributed by atoms with E-state index in [0.29, 0.717) is 17.9 Å². The van der Waals surface area contributed by atoms with Crippen molar-refractivity contribution in [3.8, 4) is 5.69 Å². The van der Waals surface area contributed by atoms with Crippen LogP contribution in [0.5, 0.6) is 0 Å². The van der Waals surface area contributed by atoms with Crippen LogP contribution in [0.2, 0.25) is 0 Å². The van der Waals surface area contributed by atoms with Crippen LogP contribution in [-0.2, 0) is 19.6 Å². The van der Waals surface area contributed by atoms with Crippen molar-refractivity contribution in [1.29, 1.82) is 0 Å². The summed E-state index contributed by atoms with van der Waals surface area (Å²) in [5.74, 6) is 0.506. The number of tetrazole rings is 1. The first-order chi connectivity index (χ1) is 12.2. The largest absolute Gasteiger partial charge is 0.346 e. The third kappa shape index (κ3) is 3.13. The van der Waals surface area contributed by atoms with Crippen molar-refractivity contribution < 1.29 is 4.79 Å². The Morgan fingerprint density at radius 1 is 1.36 bits per heavy atom. The summed E-state index contributed by atoms with van der Waals surface area (Å²) >= 11 is 0. The van der Waals surface area contributed by atoms with E-state index in [0.717, 1.165) is 36.7 Å². The van der Waals surface area contributed by atoms with Gasteiger partial charge in [-0.3, -0.25) is 9.48 Å². The van der Waals surface area contributed by atoms with Gasteiger partial charge in [-0.25, -0.2) is 0 Å². The molecule has 128 valence electrons.